The van der Waals surface area contributed by atoms with Crippen LogP contribution >= 0.6 is 11.8 Å². The number of fused-ring (bicyclic) bond motifs is 3. The van der Waals surface area contributed by atoms with Crippen LogP contribution in [0.25, 0.3) is 0 Å². The minimum Gasteiger partial charge on any atom is -0.494 e. The van der Waals surface area contributed by atoms with Gasteiger partial charge in [0.25, 0.3) is 0 Å². The monoisotopic (exact) mass is 478 g/mol. The smallest absolute Gasteiger partial charge is 0.234 e. The van der Waals surface area contributed by atoms with Crippen molar-refractivity contribution >= 4 is 28.5 Å². The number of thioether (sulfide) groups is 1. The zero-order valence-electron chi connectivity index (χ0n) is 19.2. The van der Waals surface area contributed by atoms with E-state index in [0.29, 0.717) is 5.75 Å². The maximum atomic E-state index is 12.3. The Kier molecular flexibility index (Phi) is 6.92. The predicted octanol–water partition coefficient (Wildman–Crippen LogP) is 3.84. The molecule has 0 aromatic heterocycles. The largest absolute Gasteiger partial charge is 0.494 e. The van der Waals surface area contributed by atoms with Gasteiger partial charge in [0.15, 0.2) is 5.17 Å². The van der Waals surface area contributed by atoms with Gasteiger partial charge in [-0.25, -0.2) is 5.43 Å². The fourth-order valence-electron chi connectivity index (χ4n) is 4.35. The molecule has 3 unspecified atom stereocenters. The topological polar surface area (TPSA) is 81.2 Å². The van der Waals surface area contributed by atoms with E-state index in [1.807, 2.05) is 36.5 Å². The van der Waals surface area contributed by atoms with E-state index in [0.717, 1.165) is 42.5 Å². The molecule has 2 aromatic carbocycles. The Morgan fingerprint density at radius 3 is 2.79 bits per heavy atom. The van der Waals surface area contributed by atoms with E-state index < -0.39 is 0 Å². The summed E-state index contributed by atoms with van der Waals surface area (Å²) in [5, 5.41) is 10.4. The lowest BCUT2D eigenvalue weighted by Gasteiger charge is -2.36. The van der Waals surface area contributed by atoms with Gasteiger partial charge in [0.2, 0.25) is 5.91 Å². The minimum absolute atomic E-state index is 0.0267. The van der Waals surface area contributed by atoms with Crippen LogP contribution in [0.15, 0.2) is 72.1 Å². The fourth-order valence-corrected chi connectivity index (χ4v) is 5.12. The summed E-state index contributed by atoms with van der Waals surface area (Å²) < 4.78 is 5.80. The summed E-state index contributed by atoms with van der Waals surface area (Å²) in [4.78, 5) is 14.5. The van der Waals surface area contributed by atoms with E-state index in [9.17, 15) is 4.79 Å². The number of hydrazone groups is 1. The zero-order valence-corrected chi connectivity index (χ0v) is 20.0. The van der Waals surface area contributed by atoms with E-state index in [1.54, 1.807) is 0 Å². The van der Waals surface area contributed by atoms with Crippen LogP contribution < -0.4 is 20.9 Å². The highest BCUT2D eigenvalue weighted by molar-refractivity contribution is 8.14. The third-order valence-electron chi connectivity index (χ3n) is 6.14. The van der Waals surface area contributed by atoms with Gasteiger partial charge in [-0.15, -0.1) is 0 Å². The Hall–Kier alpha value is -3.17. The summed E-state index contributed by atoms with van der Waals surface area (Å²) in [5.74, 6) is 1.17. The number of nitrogens with one attached hydrogen (secondary N) is 3. The van der Waals surface area contributed by atoms with Crippen LogP contribution in [0.5, 0.6) is 5.75 Å². The molecule has 1 saturated heterocycles. The molecule has 0 aliphatic carbocycles. The van der Waals surface area contributed by atoms with Gasteiger partial charge in [0.1, 0.15) is 11.9 Å². The van der Waals surface area contributed by atoms with Crippen LogP contribution in [0, 0.1) is 0 Å². The molecular weight excluding hydrogens is 448 g/mol. The zero-order chi connectivity index (χ0) is 23.3. The van der Waals surface area contributed by atoms with Crippen molar-refractivity contribution in [2.75, 3.05) is 17.7 Å². The molecule has 3 aliphatic heterocycles. The Bertz CT molecular complexity index is 1050. The second-order valence-electron chi connectivity index (χ2n) is 8.54. The number of unbranched alkanes of at least 4 members (excludes halogenated alkanes) is 1. The van der Waals surface area contributed by atoms with Gasteiger partial charge in [0, 0.05) is 18.1 Å². The van der Waals surface area contributed by atoms with Gasteiger partial charge in [-0.3, -0.25) is 10.2 Å². The second kappa shape index (κ2) is 10.4. The van der Waals surface area contributed by atoms with E-state index in [-0.39, 0.29) is 24.2 Å². The summed E-state index contributed by atoms with van der Waals surface area (Å²) in [6, 6.07) is 18.3. The number of amides is 1. The number of hydrogen-bond acceptors (Lipinski definition) is 8. The van der Waals surface area contributed by atoms with Gasteiger partial charge in [0.05, 0.1) is 24.4 Å². The van der Waals surface area contributed by atoms with E-state index in [1.165, 1.54) is 17.3 Å². The van der Waals surface area contributed by atoms with Gasteiger partial charge in [-0.2, -0.15) is 5.10 Å². The number of amidine groups is 1. The van der Waals surface area contributed by atoms with Gasteiger partial charge >= 0.3 is 0 Å². The first kappa shape index (κ1) is 22.6. The quantitative estimate of drug-likeness (QED) is 0.497. The number of anilines is 1. The molecule has 2 aromatic rings. The highest BCUT2D eigenvalue weighted by Gasteiger charge is 2.44. The van der Waals surface area contributed by atoms with Crippen LogP contribution in [-0.2, 0) is 4.79 Å². The highest BCUT2D eigenvalue weighted by Crippen LogP contribution is 2.35. The number of carbonyl (C=O) groups is 1. The van der Waals surface area contributed by atoms with Crippen LogP contribution in [-0.4, -0.2) is 45.6 Å². The first-order chi connectivity index (χ1) is 16.7. The molecule has 1 fully saturated rings. The molecule has 3 atom stereocenters. The summed E-state index contributed by atoms with van der Waals surface area (Å²) >= 11 is 1.44. The molecule has 3 aliphatic rings. The lowest BCUT2D eigenvalue weighted by atomic mass is 10.00. The summed E-state index contributed by atoms with van der Waals surface area (Å²) in [7, 11) is 0. The van der Waals surface area contributed by atoms with Gasteiger partial charge < -0.3 is 20.0 Å². The van der Waals surface area contributed by atoms with E-state index in [2.05, 4.69) is 68.6 Å². The number of hydrogen-bond donors (Lipinski definition) is 3. The molecule has 0 spiro atoms. The van der Waals surface area contributed by atoms with Crippen LogP contribution in [0.1, 0.15) is 37.8 Å². The number of benzene rings is 2. The molecular formula is C25H30N6O2S. The first-order valence-corrected chi connectivity index (χ1v) is 12.7. The average molecular weight is 479 g/mol. The van der Waals surface area contributed by atoms with Crippen molar-refractivity contribution < 1.29 is 9.53 Å². The summed E-state index contributed by atoms with van der Waals surface area (Å²) in [5.41, 5.74) is 8.91. The number of ether oxygens (including phenoxy) is 1. The van der Waals surface area contributed by atoms with Crippen molar-refractivity contribution in [3.63, 3.8) is 0 Å². The molecule has 3 N–H and O–H groups in total. The lowest BCUT2D eigenvalue weighted by Crippen LogP contribution is -2.54. The van der Waals surface area contributed by atoms with Crippen LogP contribution in [0.4, 0.5) is 5.69 Å². The molecule has 5 rings (SSSR count). The Labute approximate surface area is 204 Å². The molecule has 34 heavy (non-hydrogen) atoms. The minimum atomic E-state index is -0.0466. The molecule has 8 nitrogen and oxygen atoms in total. The maximum Gasteiger partial charge on any atom is 0.234 e. The van der Waals surface area contributed by atoms with Crippen molar-refractivity contribution in [3.05, 3.63) is 72.6 Å². The fraction of sp³-hybridized carbons (Fsp3) is 0.360. The highest BCUT2D eigenvalue weighted by atomic mass is 32.2. The van der Waals surface area contributed by atoms with Crippen molar-refractivity contribution in [1.29, 1.82) is 0 Å². The summed E-state index contributed by atoms with van der Waals surface area (Å²) in [6.07, 6.45) is 7.24. The first-order valence-electron chi connectivity index (χ1n) is 11.8. The second-order valence-corrected chi connectivity index (χ2v) is 9.48. The van der Waals surface area contributed by atoms with Crippen LogP contribution in [0.2, 0.25) is 0 Å². The Morgan fingerprint density at radius 2 is 2.00 bits per heavy atom. The predicted molar refractivity (Wildman–Crippen MR) is 136 cm³/mol. The molecule has 178 valence electrons. The lowest BCUT2D eigenvalue weighted by molar-refractivity contribution is -0.113. The SMILES string of the molecule is CCCCOc1ccc(C2CC3C4NN=C(SCC(=O)Nc5ccccc5)N4C=CN3N2)cc1. The molecule has 1 amide bonds. The molecule has 9 heteroatoms. The third-order valence-corrected chi connectivity index (χ3v) is 7.11. The van der Waals surface area contributed by atoms with E-state index in [4.69, 9.17) is 4.74 Å². The number of para-hydroxylation sites is 1. The summed E-state index contributed by atoms with van der Waals surface area (Å²) in [6.45, 7) is 2.92. The molecule has 0 radical (unpaired) electrons. The van der Waals surface area contributed by atoms with Gasteiger partial charge in [-0.05, 0) is 42.7 Å². The van der Waals surface area contributed by atoms with Gasteiger partial charge in [-0.1, -0.05) is 55.4 Å². The average Bonchev–Trinajstić information content (AvgIpc) is 3.48. The molecule has 0 saturated carbocycles. The van der Waals surface area contributed by atoms with Crippen molar-refractivity contribution in [1.82, 2.24) is 20.8 Å². The number of nitrogens with zero attached hydrogens (tertiary/aromatic N) is 3. The number of hydrazine groups is 1. The number of carbonyl (C=O) groups excluding carboxylic acids is 1. The molecule has 3 heterocycles. The van der Waals surface area contributed by atoms with Crippen molar-refractivity contribution in [3.8, 4) is 5.75 Å². The van der Waals surface area contributed by atoms with Crippen LogP contribution in [0.3, 0.4) is 0 Å². The third kappa shape index (κ3) is 5.00. The normalized spacial score (nSPS) is 22.6. The molecule has 0 bridgehead atoms. The Balaban J connectivity index is 1.14. The van der Waals surface area contributed by atoms with E-state index >= 15 is 0 Å². The Morgan fingerprint density at radius 1 is 1.18 bits per heavy atom. The number of rotatable bonds is 8. The maximum absolute atomic E-state index is 12.3. The standard InChI is InChI=1S/C25H30N6O2S/c1-2-3-15-33-20-11-9-18(10-12-20)21-16-22-24-27-28-25(30(24)13-14-31(22)29-21)34-17-23(32)26-19-7-5-4-6-8-19/h4-14,21-22,24,27,29H,2-3,15-17H2,1H3,(H,26,32). The van der Waals surface area contributed by atoms with Crippen molar-refractivity contribution in [2.45, 2.75) is 44.4 Å². The van der Waals surface area contributed by atoms with Crippen molar-refractivity contribution in [2.24, 2.45) is 5.10 Å².